The number of aryl methyl sites for hydroxylation is 1. The van der Waals surface area contributed by atoms with E-state index in [-0.39, 0.29) is 18.4 Å². The molecule has 0 unspecified atom stereocenters. The minimum Gasteiger partial charge on any atom is -0.343 e. The van der Waals surface area contributed by atoms with E-state index < -0.39 is 0 Å². The van der Waals surface area contributed by atoms with Gasteiger partial charge in [0.25, 0.3) is 5.91 Å². The highest BCUT2D eigenvalue weighted by molar-refractivity contribution is 6.02. The van der Waals surface area contributed by atoms with Gasteiger partial charge in [0.1, 0.15) is 0 Å². The molecule has 126 valence electrons. The lowest BCUT2D eigenvalue weighted by molar-refractivity contribution is -0.115. The van der Waals surface area contributed by atoms with Crippen LogP contribution in [0.1, 0.15) is 10.4 Å². The van der Waals surface area contributed by atoms with Gasteiger partial charge < -0.3 is 10.6 Å². The SMILES string of the molecule is Cn1ncc(C(=O)NCC(=O)Nc2cccnc2)c1-c1ccccc1. The first-order valence-corrected chi connectivity index (χ1v) is 7.70. The van der Waals surface area contributed by atoms with E-state index in [0.717, 1.165) is 5.56 Å². The highest BCUT2D eigenvalue weighted by Crippen LogP contribution is 2.22. The molecule has 0 saturated carbocycles. The number of hydrogen-bond donors (Lipinski definition) is 2. The number of carbonyl (C=O) groups is 2. The zero-order chi connectivity index (χ0) is 17.6. The van der Waals surface area contributed by atoms with Crippen molar-refractivity contribution in [3.8, 4) is 11.3 Å². The molecule has 0 aliphatic heterocycles. The maximum atomic E-state index is 12.5. The number of carbonyl (C=O) groups excluding carboxylic acids is 2. The average Bonchev–Trinajstić information content (AvgIpc) is 3.03. The van der Waals surface area contributed by atoms with Crippen molar-refractivity contribution in [2.75, 3.05) is 11.9 Å². The van der Waals surface area contributed by atoms with Gasteiger partial charge in [-0.25, -0.2) is 0 Å². The largest absolute Gasteiger partial charge is 0.343 e. The lowest BCUT2D eigenvalue weighted by Gasteiger charge is -2.08. The Morgan fingerprint density at radius 3 is 2.60 bits per heavy atom. The van der Waals surface area contributed by atoms with Crippen LogP contribution in [0.5, 0.6) is 0 Å². The topological polar surface area (TPSA) is 88.9 Å². The average molecular weight is 335 g/mol. The third-order valence-corrected chi connectivity index (χ3v) is 3.59. The molecule has 3 rings (SSSR count). The molecule has 0 radical (unpaired) electrons. The molecule has 0 spiro atoms. The number of anilines is 1. The van der Waals surface area contributed by atoms with E-state index >= 15 is 0 Å². The molecule has 2 heterocycles. The summed E-state index contributed by atoms with van der Waals surface area (Å²) in [5.74, 6) is -0.681. The Kier molecular flexibility index (Phi) is 4.84. The van der Waals surface area contributed by atoms with Crippen molar-refractivity contribution in [1.29, 1.82) is 0 Å². The summed E-state index contributed by atoms with van der Waals surface area (Å²) in [6.45, 7) is -0.142. The van der Waals surface area contributed by atoms with Gasteiger partial charge in [0.15, 0.2) is 0 Å². The molecule has 1 aromatic carbocycles. The Morgan fingerprint density at radius 1 is 1.08 bits per heavy atom. The number of pyridine rings is 1. The lowest BCUT2D eigenvalue weighted by atomic mass is 10.1. The third-order valence-electron chi connectivity index (χ3n) is 3.59. The zero-order valence-electron chi connectivity index (χ0n) is 13.6. The molecule has 7 heteroatoms. The number of hydrogen-bond acceptors (Lipinski definition) is 4. The molecule has 0 bridgehead atoms. The van der Waals surface area contributed by atoms with Crippen molar-refractivity contribution in [1.82, 2.24) is 20.1 Å². The Bertz CT molecular complexity index is 875. The van der Waals surface area contributed by atoms with Crippen molar-refractivity contribution < 1.29 is 9.59 Å². The Hall–Kier alpha value is -3.48. The van der Waals surface area contributed by atoms with Gasteiger partial charge in [-0.2, -0.15) is 5.10 Å². The zero-order valence-corrected chi connectivity index (χ0v) is 13.6. The Morgan fingerprint density at radius 2 is 1.88 bits per heavy atom. The van der Waals surface area contributed by atoms with Crippen LogP contribution in [0.2, 0.25) is 0 Å². The minimum absolute atomic E-state index is 0.142. The van der Waals surface area contributed by atoms with Crippen molar-refractivity contribution in [2.45, 2.75) is 0 Å². The van der Waals surface area contributed by atoms with Crippen LogP contribution in [-0.4, -0.2) is 33.1 Å². The number of benzene rings is 1. The quantitative estimate of drug-likeness (QED) is 0.745. The molecular formula is C18H17N5O2. The lowest BCUT2D eigenvalue weighted by Crippen LogP contribution is -2.33. The van der Waals surface area contributed by atoms with E-state index in [1.807, 2.05) is 30.3 Å². The molecule has 0 aliphatic carbocycles. The molecule has 0 aliphatic rings. The Labute approximate surface area is 144 Å². The summed E-state index contributed by atoms with van der Waals surface area (Å²) in [4.78, 5) is 28.3. The van der Waals surface area contributed by atoms with Gasteiger partial charge in [-0.05, 0) is 12.1 Å². The minimum atomic E-state index is -0.353. The highest BCUT2D eigenvalue weighted by atomic mass is 16.2. The molecule has 0 atom stereocenters. The molecule has 2 N–H and O–H groups in total. The van der Waals surface area contributed by atoms with Crippen LogP contribution in [0, 0.1) is 0 Å². The number of nitrogens with one attached hydrogen (secondary N) is 2. The molecule has 3 aromatic rings. The maximum Gasteiger partial charge on any atom is 0.255 e. The van der Waals surface area contributed by atoms with Gasteiger partial charge in [-0.3, -0.25) is 19.3 Å². The van der Waals surface area contributed by atoms with Crippen molar-refractivity contribution in [3.63, 3.8) is 0 Å². The van der Waals surface area contributed by atoms with Crippen LogP contribution in [0.3, 0.4) is 0 Å². The smallest absolute Gasteiger partial charge is 0.255 e. The summed E-state index contributed by atoms with van der Waals surface area (Å²) in [5.41, 5.74) is 2.58. The van der Waals surface area contributed by atoms with E-state index in [9.17, 15) is 9.59 Å². The summed E-state index contributed by atoms with van der Waals surface area (Å²) in [5, 5.41) is 9.44. The summed E-state index contributed by atoms with van der Waals surface area (Å²) in [7, 11) is 1.77. The molecule has 25 heavy (non-hydrogen) atoms. The van der Waals surface area contributed by atoms with Crippen LogP contribution < -0.4 is 10.6 Å². The number of rotatable bonds is 5. The number of nitrogens with zero attached hydrogens (tertiary/aromatic N) is 3. The monoisotopic (exact) mass is 335 g/mol. The summed E-state index contributed by atoms with van der Waals surface area (Å²) >= 11 is 0. The second-order valence-corrected chi connectivity index (χ2v) is 5.37. The van der Waals surface area contributed by atoms with Gasteiger partial charge >= 0.3 is 0 Å². The van der Waals surface area contributed by atoms with Crippen LogP contribution >= 0.6 is 0 Å². The first-order valence-electron chi connectivity index (χ1n) is 7.70. The molecule has 2 amide bonds. The maximum absolute atomic E-state index is 12.5. The van der Waals surface area contributed by atoms with Crippen LogP contribution in [0.25, 0.3) is 11.3 Å². The van der Waals surface area contributed by atoms with Gasteiger partial charge in [0.05, 0.1) is 35.9 Å². The first-order chi connectivity index (χ1) is 12.1. The van der Waals surface area contributed by atoms with Crippen LogP contribution in [0.15, 0.2) is 61.1 Å². The normalized spacial score (nSPS) is 10.3. The Balaban J connectivity index is 1.67. The van der Waals surface area contributed by atoms with E-state index in [2.05, 4.69) is 20.7 Å². The number of amides is 2. The van der Waals surface area contributed by atoms with Crippen LogP contribution in [-0.2, 0) is 11.8 Å². The second-order valence-electron chi connectivity index (χ2n) is 5.37. The van der Waals surface area contributed by atoms with E-state index in [4.69, 9.17) is 0 Å². The highest BCUT2D eigenvalue weighted by Gasteiger charge is 2.18. The standard InChI is InChI=1S/C18H17N5O2/c1-23-17(13-6-3-2-4-7-13)15(11-21-23)18(25)20-12-16(24)22-14-8-5-9-19-10-14/h2-11H,12H2,1H3,(H,20,25)(H,22,24). The molecular weight excluding hydrogens is 318 g/mol. The van der Waals surface area contributed by atoms with E-state index in [1.165, 1.54) is 12.4 Å². The fraction of sp³-hybridized carbons (Fsp3) is 0.111. The molecule has 7 nitrogen and oxygen atoms in total. The fourth-order valence-corrected chi connectivity index (χ4v) is 2.44. The molecule has 2 aromatic heterocycles. The third kappa shape index (κ3) is 3.89. The molecule has 0 saturated heterocycles. The van der Waals surface area contributed by atoms with Gasteiger partial charge in [0.2, 0.25) is 5.91 Å². The van der Waals surface area contributed by atoms with Gasteiger partial charge in [-0.15, -0.1) is 0 Å². The van der Waals surface area contributed by atoms with Gasteiger partial charge in [0, 0.05) is 18.8 Å². The van der Waals surface area contributed by atoms with Crippen molar-refractivity contribution >= 4 is 17.5 Å². The fourth-order valence-electron chi connectivity index (χ4n) is 2.44. The predicted molar refractivity (Wildman–Crippen MR) is 93.8 cm³/mol. The van der Waals surface area contributed by atoms with Crippen LogP contribution in [0.4, 0.5) is 5.69 Å². The predicted octanol–water partition coefficient (Wildman–Crippen LogP) is 1.85. The van der Waals surface area contributed by atoms with E-state index in [1.54, 1.807) is 30.1 Å². The van der Waals surface area contributed by atoms with Crippen molar-refractivity contribution in [2.24, 2.45) is 7.05 Å². The first kappa shape index (κ1) is 16.4. The second kappa shape index (κ2) is 7.39. The summed E-state index contributed by atoms with van der Waals surface area (Å²) in [6, 6.07) is 12.9. The van der Waals surface area contributed by atoms with Gasteiger partial charge in [-0.1, -0.05) is 30.3 Å². The summed E-state index contributed by atoms with van der Waals surface area (Å²) in [6.07, 6.45) is 4.65. The van der Waals surface area contributed by atoms with E-state index in [0.29, 0.717) is 16.9 Å². The number of aromatic nitrogens is 3. The molecule has 0 fully saturated rings. The van der Waals surface area contributed by atoms with Crippen molar-refractivity contribution in [3.05, 3.63) is 66.6 Å². The summed E-state index contributed by atoms with van der Waals surface area (Å²) < 4.78 is 1.64.